The molecule has 0 fully saturated rings. The summed E-state index contributed by atoms with van der Waals surface area (Å²) in [6, 6.07) is 14.1. The number of halogens is 3. The van der Waals surface area contributed by atoms with Crippen molar-refractivity contribution in [3.63, 3.8) is 0 Å². The van der Waals surface area contributed by atoms with E-state index in [-0.39, 0.29) is 29.9 Å². The lowest BCUT2D eigenvalue weighted by molar-refractivity contribution is -0.137. The normalized spacial score (nSPS) is 14.7. The van der Waals surface area contributed by atoms with Gasteiger partial charge in [-0.25, -0.2) is 4.68 Å². The summed E-state index contributed by atoms with van der Waals surface area (Å²) >= 11 is 0. The van der Waals surface area contributed by atoms with E-state index in [2.05, 4.69) is 26.6 Å². The second-order valence-electron chi connectivity index (χ2n) is 10.3. The highest BCUT2D eigenvalue weighted by Gasteiger charge is 2.35. The summed E-state index contributed by atoms with van der Waals surface area (Å²) < 4.78 is 45.2. The lowest BCUT2D eigenvalue weighted by Crippen LogP contribution is -2.27. The molecule has 9 bridgehead atoms. The van der Waals surface area contributed by atoms with Gasteiger partial charge in [-0.3, -0.25) is 19.3 Å². The average Bonchev–Trinajstić information content (AvgIpc) is 3.46. The molecule has 11 heteroatoms. The van der Waals surface area contributed by atoms with Crippen LogP contribution in [0.15, 0.2) is 78.0 Å². The molecule has 0 saturated heterocycles. The molecule has 0 saturated carbocycles. The van der Waals surface area contributed by atoms with Crippen LogP contribution in [0, 0.1) is 0 Å². The molecule has 2 aliphatic rings. The van der Waals surface area contributed by atoms with Crippen LogP contribution in [0.4, 0.5) is 13.2 Å². The fraction of sp³-hybridized carbons (Fsp3) is 0.258. The van der Waals surface area contributed by atoms with E-state index >= 15 is 0 Å². The average molecular weight is 573 g/mol. The Morgan fingerprint density at radius 2 is 1.71 bits per heavy atom. The van der Waals surface area contributed by atoms with E-state index < -0.39 is 23.2 Å². The van der Waals surface area contributed by atoms with Gasteiger partial charge >= 0.3 is 6.18 Å². The van der Waals surface area contributed by atoms with Crippen molar-refractivity contribution in [3.8, 4) is 22.4 Å². The standard InChI is InChI=1S/C31H27F3N6O2/c32-31(33,34)26-16-21-5-6-25(26)30(42)35-11-2-1-3-12-39-19-24(18-37-39)23-15-22-14-20(4-7-27(22)36-17-23)10-13-40-29(41)9-8-28(21)38-40/h4-9,14-19H,1-3,10-13H2,(H,35,42). The Morgan fingerprint density at radius 3 is 2.57 bits per heavy atom. The van der Waals surface area contributed by atoms with E-state index in [1.54, 1.807) is 6.20 Å². The van der Waals surface area contributed by atoms with Gasteiger partial charge in [0.1, 0.15) is 0 Å². The summed E-state index contributed by atoms with van der Waals surface area (Å²) in [5.74, 6) is -0.786. The first-order valence-corrected chi connectivity index (χ1v) is 13.7. The highest BCUT2D eigenvalue weighted by Crippen LogP contribution is 2.34. The topological polar surface area (TPSA) is 94.7 Å². The van der Waals surface area contributed by atoms with Gasteiger partial charge in [-0.05, 0) is 67.6 Å². The van der Waals surface area contributed by atoms with Crippen molar-refractivity contribution in [2.24, 2.45) is 0 Å². The van der Waals surface area contributed by atoms with Crippen LogP contribution in [-0.2, 0) is 25.7 Å². The number of nitrogens with one attached hydrogen (secondary N) is 1. The summed E-state index contributed by atoms with van der Waals surface area (Å²) in [6.45, 7) is 1.15. The van der Waals surface area contributed by atoms with Crippen LogP contribution in [0.3, 0.4) is 0 Å². The molecule has 2 aromatic carbocycles. The number of aryl methyl sites for hydroxylation is 3. The maximum atomic E-state index is 14.0. The van der Waals surface area contributed by atoms with E-state index in [0.717, 1.165) is 52.6 Å². The van der Waals surface area contributed by atoms with Crippen molar-refractivity contribution in [3.05, 3.63) is 100 Å². The molecule has 5 heterocycles. The minimum atomic E-state index is -4.75. The number of carbonyl (C=O) groups is 1. The number of aromatic nitrogens is 5. The molecule has 3 aromatic heterocycles. The van der Waals surface area contributed by atoms with E-state index in [9.17, 15) is 22.8 Å². The van der Waals surface area contributed by atoms with Crippen LogP contribution >= 0.6 is 0 Å². The number of amides is 1. The lowest BCUT2D eigenvalue weighted by atomic mass is 10.0. The van der Waals surface area contributed by atoms with Crippen molar-refractivity contribution in [2.75, 3.05) is 6.54 Å². The number of pyridine rings is 1. The van der Waals surface area contributed by atoms with E-state index in [4.69, 9.17) is 0 Å². The molecule has 0 unspecified atom stereocenters. The minimum Gasteiger partial charge on any atom is -0.352 e. The maximum absolute atomic E-state index is 14.0. The predicted octanol–water partition coefficient (Wildman–Crippen LogP) is 5.50. The molecule has 0 atom stereocenters. The van der Waals surface area contributed by atoms with Crippen LogP contribution in [0.25, 0.3) is 33.3 Å². The first-order chi connectivity index (χ1) is 20.2. The number of hydrogen-bond donors (Lipinski definition) is 1. The Balaban J connectivity index is 1.37. The number of hydrogen-bond acceptors (Lipinski definition) is 5. The molecular formula is C31H27F3N6O2. The molecule has 0 aliphatic carbocycles. The fourth-order valence-electron chi connectivity index (χ4n) is 5.14. The second kappa shape index (κ2) is 11.2. The van der Waals surface area contributed by atoms with Crippen LogP contribution < -0.4 is 10.9 Å². The Labute approximate surface area is 238 Å². The van der Waals surface area contributed by atoms with Gasteiger partial charge in [-0.1, -0.05) is 12.1 Å². The highest BCUT2D eigenvalue weighted by molar-refractivity contribution is 5.96. The zero-order chi connectivity index (χ0) is 29.3. The highest BCUT2D eigenvalue weighted by atomic mass is 19.4. The van der Waals surface area contributed by atoms with Crippen molar-refractivity contribution >= 4 is 16.8 Å². The van der Waals surface area contributed by atoms with E-state index in [0.29, 0.717) is 19.4 Å². The van der Waals surface area contributed by atoms with Crippen LogP contribution in [0.1, 0.15) is 40.7 Å². The van der Waals surface area contributed by atoms with Gasteiger partial charge in [0.2, 0.25) is 0 Å². The number of nitrogens with zero attached hydrogens (tertiary/aromatic N) is 5. The molecule has 42 heavy (non-hydrogen) atoms. The van der Waals surface area contributed by atoms with Gasteiger partial charge in [-0.2, -0.15) is 23.4 Å². The zero-order valence-corrected chi connectivity index (χ0v) is 22.6. The van der Waals surface area contributed by atoms with Crippen molar-refractivity contribution in [1.82, 2.24) is 29.9 Å². The number of carbonyl (C=O) groups excluding carboxylic acids is 1. The zero-order valence-electron chi connectivity index (χ0n) is 22.6. The van der Waals surface area contributed by atoms with E-state index in [1.165, 1.54) is 22.9 Å². The third kappa shape index (κ3) is 5.81. The number of fused-ring (bicyclic) bond motifs is 9. The SMILES string of the molecule is O=C1NCCCCCn2cc(cn2)-c2cnc3ccc(cc3c2)CCn2nc(ccc2=O)-c2ccc1c(C(F)(F)F)c2. The molecule has 2 aliphatic heterocycles. The third-order valence-corrected chi connectivity index (χ3v) is 7.41. The van der Waals surface area contributed by atoms with E-state index in [1.807, 2.05) is 35.3 Å². The number of benzene rings is 2. The molecule has 0 radical (unpaired) electrons. The monoisotopic (exact) mass is 572 g/mol. The maximum Gasteiger partial charge on any atom is 0.417 e. The summed E-state index contributed by atoms with van der Waals surface area (Å²) in [5, 5.41) is 12.4. The van der Waals surface area contributed by atoms with Gasteiger partial charge in [-0.15, -0.1) is 0 Å². The summed E-state index contributed by atoms with van der Waals surface area (Å²) in [4.78, 5) is 29.9. The van der Waals surface area contributed by atoms with Crippen LogP contribution in [-0.4, -0.2) is 37.0 Å². The summed E-state index contributed by atoms with van der Waals surface area (Å²) in [5.41, 5.74) is 2.17. The smallest absolute Gasteiger partial charge is 0.352 e. The predicted molar refractivity (Wildman–Crippen MR) is 152 cm³/mol. The number of alkyl halides is 3. The van der Waals surface area contributed by atoms with Gasteiger partial charge in [0.05, 0.1) is 28.5 Å². The molecule has 5 aromatic rings. The summed E-state index contributed by atoms with van der Waals surface area (Å²) in [6.07, 6.45) is 3.47. The Hall–Kier alpha value is -4.80. The number of rotatable bonds is 0. The first kappa shape index (κ1) is 27.4. The Morgan fingerprint density at radius 1 is 0.833 bits per heavy atom. The lowest BCUT2D eigenvalue weighted by Gasteiger charge is -2.15. The molecule has 214 valence electrons. The van der Waals surface area contributed by atoms with Gasteiger partial charge < -0.3 is 5.32 Å². The molecule has 1 N–H and O–H groups in total. The van der Waals surface area contributed by atoms with Crippen molar-refractivity contribution < 1.29 is 18.0 Å². The van der Waals surface area contributed by atoms with Gasteiger partial charge in [0.15, 0.2) is 0 Å². The largest absolute Gasteiger partial charge is 0.417 e. The molecule has 0 spiro atoms. The fourth-order valence-corrected chi connectivity index (χ4v) is 5.14. The third-order valence-electron chi connectivity index (χ3n) is 7.41. The second-order valence-corrected chi connectivity index (χ2v) is 10.3. The molecule has 7 rings (SSSR count). The first-order valence-electron chi connectivity index (χ1n) is 13.7. The van der Waals surface area contributed by atoms with Crippen LogP contribution in [0.5, 0.6) is 0 Å². The molecule has 1 amide bonds. The van der Waals surface area contributed by atoms with Gasteiger partial charge in [0, 0.05) is 60.2 Å². The minimum absolute atomic E-state index is 0.160. The molecular weight excluding hydrogens is 545 g/mol. The molecule has 8 nitrogen and oxygen atoms in total. The van der Waals surface area contributed by atoms with Crippen molar-refractivity contribution in [2.45, 2.75) is 44.9 Å². The van der Waals surface area contributed by atoms with Crippen molar-refractivity contribution in [1.29, 1.82) is 0 Å². The Bertz CT molecular complexity index is 1840. The quantitative estimate of drug-likeness (QED) is 0.265. The Kier molecular flexibility index (Phi) is 7.32. The van der Waals surface area contributed by atoms with Gasteiger partial charge in [0.25, 0.3) is 11.5 Å². The summed E-state index contributed by atoms with van der Waals surface area (Å²) in [7, 11) is 0. The van der Waals surface area contributed by atoms with Crippen LogP contribution in [0.2, 0.25) is 0 Å².